The molecule has 2 heterocycles. The Morgan fingerprint density at radius 1 is 1.10 bits per heavy atom. The molecule has 5 nitrogen and oxygen atoms in total. The maximum atomic E-state index is 14.7. The third-order valence-electron chi connectivity index (χ3n) is 7.35. The van der Waals surface area contributed by atoms with Crippen LogP contribution in [0, 0.1) is 34.9 Å². The van der Waals surface area contributed by atoms with Gasteiger partial charge < -0.3 is 0 Å². The molecule has 1 fully saturated rings. The molecule has 1 amide bonds. The van der Waals surface area contributed by atoms with Crippen molar-refractivity contribution in [3.05, 3.63) is 105 Å². The van der Waals surface area contributed by atoms with Crippen LogP contribution in [-0.2, 0) is 4.79 Å². The molecule has 0 N–H and O–H groups in total. The van der Waals surface area contributed by atoms with E-state index < -0.39 is 5.91 Å². The molecule has 192 valence electrons. The van der Waals surface area contributed by atoms with Crippen LogP contribution >= 0.6 is 23.3 Å². The fourth-order valence-corrected chi connectivity index (χ4v) is 6.97. The maximum Gasteiger partial charge on any atom is 0.289 e. The third-order valence-corrected chi connectivity index (χ3v) is 9.21. The van der Waals surface area contributed by atoms with E-state index in [4.69, 9.17) is 0 Å². The Hall–Kier alpha value is -4.06. The summed E-state index contributed by atoms with van der Waals surface area (Å²) in [6.07, 6.45) is 1.19. The summed E-state index contributed by atoms with van der Waals surface area (Å²) in [5.74, 6) is -1.09. The van der Waals surface area contributed by atoms with Crippen molar-refractivity contribution < 1.29 is 9.18 Å². The highest BCUT2D eigenvalue weighted by atomic mass is 32.2. The molecule has 1 saturated carbocycles. The number of aromatic nitrogens is 1. The first-order chi connectivity index (χ1) is 19.0. The summed E-state index contributed by atoms with van der Waals surface area (Å²) in [6.45, 7) is 2.04. The second-order valence-corrected chi connectivity index (χ2v) is 11.7. The molecule has 3 aromatic carbocycles. The Balaban J connectivity index is 1.57. The number of carbonyl (C=O) groups is 1. The van der Waals surface area contributed by atoms with E-state index in [2.05, 4.69) is 45.6 Å². The summed E-state index contributed by atoms with van der Waals surface area (Å²) in [6, 6.07) is 25.4. The van der Waals surface area contributed by atoms with Crippen molar-refractivity contribution in [1.29, 1.82) is 5.26 Å². The van der Waals surface area contributed by atoms with Crippen LogP contribution in [0.3, 0.4) is 0 Å². The zero-order valence-corrected chi connectivity index (χ0v) is 22.6. The summed E-state index contributed by atoms with van der Waals surface area (Å²) in [5, 5.41) is 15.1. The van der Waals surface area contributed by atoms with E-state index in [0.29, 0.717) is 17.7 Å². The molecular weight excluding hydrogens is 529 g/mol. The fraction of sp³-hybridized carbons (Fsp3) is 0.161. The van der Waals surface area contributed by atoms with Gasteiger partial charge in [0.2, 0.25) is 0 Å². The number of rotatable bonds is 6. The largest absolute Gasteiger partial charge is 0.289 e. The van der Waals surface area contributed by atoms with E-state index >= 15 is 0 Å². The number of amides is 1. The monoisotopic (exact) mass is 551 g/mol. The lowest BCUT2D eigenvalue weighted by Gasteiger charge is -2.33. The molecule has 0 bridgehead atoms. The van der Waals surface area contributed by atoms with E-state index in [9.17, 15) is 19.4 Å². The Kier molecular flexibility index (Phi) is 6.63. The third kappa shape index (κ3) is 4.58. The van der Waals surface area contributed by atoms with E-state index in [1.807, 2.05) is 36.6 Å². The average molecular weight is 552 g/mol. The number of halogens is 1. The van der Waals surface area contributed by atoms with Crippen LogP contribution in [0.1, 0.15) is 34.8 Å². The number of nitriles is 1. The van der Waals surface area contributed by atoms with Gasteiger partial charge in [-0.3, -0.25) is 8.77 Å². The highest BCUT2D eigenvalue weighted by Crippen LogP contribution is 2.48. The van der Waals surface area contributed by atoms with Crippen LogP contribution in [-0.4, -0.2) is 9.88 Å². The summed E-state index contributed by atoms with van der Waals surface area (Å²) < 4.78 is 16.8. The molecule has 39 heavy (non-hydrogen) atoms. The van der Waals surface area contributed by atoms with Crippen LogP contribution in [0.15, 0.2) is 88.2 Å². The number of fused-ring (bicyclic) bond motifs is 1. The van der Waals surface area contributed by atoms with Gasteiger partial charge in [0.05, 0.1) is 11.2 Å². The van der Waals surface area contributed by atoms with Crippen molar-refractivity contribution in [2.45, 2.75) is 30.6 Å². The fourth-order valence-electron chi connectivity index (χ4n) is 5.27. The molecular formula is C31H22FN3O2S2. The van der Waals surface area contributed by atoms with Gasteiger partial charge in [-0.25, -0.2) is 4.39 Å². The highest BCUT2D eigenvalue weighted by molar-refractivity contribution is 7.98. The van der Waals surface area contributed by atoms with Crippen LogP contribution in [0.25, 0.3) is 33.3 Å². The first-order valence-corrected chi connectivity index (χ1v) is 14.2. The summed E-state index contributed by atoms with van der Waals surface area (Å²) in [5.41, 5.74) is 6.46. The van der Waals surface area contributed by atoms with Crippen molar-refractivity contribution >= 4 is 40.1 Å². The van der Waals surface area contributed by atoms with Gasteiger partial charge in [-0.1, -0.05) is 35.9 Å². The minimum atomic E-state index is -0.581. The number of benzene rings is 3. The SMILES string of the molecule is Cc1ccc(Sn2c(-c3cccc(C4CC(C(=O)N=O)C4)c3)c(-c3ccsc3C#N)c3cc(F)ccc32)cc1. The summed E-state index contributed by atoms with van der Waals surface area (Å²) in [4.78, 5) is 24.0. The first-order valence-electron chi connectivity index (χ1n) is 12.5. The smallest absolute Gasteiger partial charge is 0.279 e. The maximum absolute atomic E-state index is 14.7. The van der Waals surface area contributed by atoms with Gasteiger partial charge in [0.15, 0.2) is 0 Å². The molecule has 0 unspecified atom stereocenters. The number of nitrogens with zero attached hydrogens (tertiary/aromatic N) is 3. The molecule has 0 spiro atoms. The number of thiophene rings is 1. The molecule has 2 aromatic heterocycles. The Morgan fingerprint density at radius 2 is 1.90 bits per heavy atom. The quantitative estimate of drug-likeness (QED) is 0.198. The van der Waals surface area contributed by atoms with Crippen molar-refractivity contribution in [2.24, 2.45) is 11.1 Å². The zero-order valence-electron chi connectivity index (χ0n) is 20.9. The van der Waals surface area contributed by atoms with E-state index in [0.717, 1.165) is 49.3 Å². The van der Waals surface area contributed by atoms with E-state index in [-0.39, 0.29) is 17.7 Å². The topological polar surface area (TPSA) is 75.2 Å². The molecule has 0 radical (unpaired) electrons. The summed E-state index contributed by atoms with van der Waals surface area (Å²) >= 11 is 2.91. The van der Waals surface area contributed by atoms with Crippen molar-refractivity contribution in [3.63, 3.8) is 0 Å². The Morgan fingerprint density at radius 3 is 2.64 bits per heavy atom. The predicted molar refractivity (Wildman–Crippen MR) is 154 cm³/mol. The van der Waals surface area contributed by atoms with Gasteiger partial charge in [-0.05, 0) is 91.0 Å². The number of nitroso groups, excluding NO2 is 1. The molecule has 8 heteroatoms. The molecule has 0 aliphatic heterocycles. The second-order valence-electron chi connectivity index (χ2n) is 9.78. The van der Waals surface area contributed by atoms with Crippen molar-refractivity contribution in [3.8, 4) is 28.5 Å². The summed E-state index contributed by atoms with van der Waals surface area (Å²) in [7, 11) is 0. The van der Waals surface area contributed by atoms with Gasteiger partial charge >= 0.3 is 0 Å². The number of carbonyl (C=O) groups excluding carboxylic acids is 1. The highest BCUT2D eigenvalue weighted by Gasteiger charge is 2.36. The van der Waals surface area contributed by atoms with Crippen molar-refractivity contribution in [2.75, 3.05) is 0 Å². The van der Waals surface area contributed by atoms with Gasteiger partial charge in [0.1, 0.15) is 16.8 Å². The van der Waals surface area contributed by atoms with Crippen LogP contribution in [0.4, 0.5) is 4.39 Å². The molecule has 0 atom stereocenters. The van der Waals surface area contributed by atoms with Crippen LogP contribution in [0.5, 0.6) is 0 Å². The minimum Gasteiger partial charge on any atom is -0.279 e. The molecule has 1 aliphatic carbocycles. The lowest BCUT2D eigenvalue weighted by atomic mass is 9.71. The lowest BCUT2D eigenvalue weighted by molar-refractivity contribution is -0.124. The van der Waals surface area contributed by atoms with Gasteiger partial charge in [0.25, 0.3) is 5.91 Å². The number of aryl methyl sites for hydroxylation is 1. The molecule has 5 aromatic rings. The molecule has 0 saturated heterocycles. The number of hydrogen-bond donors (Lipinski definition) is 0. The predicted octanol–water partition coefficient (Wildman–Crippen LogP) is 8.70. The standard InChI is InChI=1S/C31H22FN3O2S2/c1-18-5-8-24(9-6-18)39-35-27-10-7-23(32)16-26(27)29(25-11-12-38-28(25)17-33)30(35)20-4-2-3-19(13-20)21-14-22(15-21)31(36)34-37/h2-13,16,21-22H,14-15H2,1H3. The van der Waals surface area contributed by atoms with Gasteiger partial charge in [-0.2, -0.15) is 5.26 Å². The molecule has 1 aliphatic rings. The Bertz CT molecular complexity index is 1780. The number of hydrogen-bond acceptors (Lipinski definition) is 5. The van der Waals surface area contributed by atoms with E-state index in [1.54, 1.807) is 18.0 Å². The van der Waals surface area contributed by atoms with Crippen LogP contribution in [0.2, 0.25) is 0 Å². The molecule has 6 rings (SSSR count). The Labute approximate surface area is 233 Å². The van der Waals surface area contributed by atoms with Crippen molar-refractivity contribution in [1.82, 2.24) is 3.97 Å². The van der Waals surface area contributed by atoms with Crippen LogP contribution < -0.4 is 0 Å². The first kappa shape index (κ1) is 25.2. The van der Waals surface area contributed by atoms with E-state index in [1.165, 1.54) is 23.5 Å². The van der Waals surface area contributed by atoms with Gasteiger partial charge in [0, 0.05) is 38.1 Å². The normalized spacial score (nSPS) is 16.5. The average Bonchev–Trinajstić information content (AvgIpc) is 3.51. The van der Waals surface area contributed by atoms with Gasteiger partial charge in [-0.15, -0.1) is 16.2 Å². The minimum absolute atomic E-state index is 0.153. The zero-order chi connectivity index (χ0) is 27.1. The lowest BCUT2D eigenvalue weighted by Crippen LogP contribution is -2.27. The second kappa shape index (κ2) is 10.3.